The number of benzene rings is 1. The maximum atomic E-state index is 10.7. The van der Waals surface area contributed by atoms with E-state index in [4.69, 9.17) is 0 Å². The van der Waals surface area contributed by atoms with Gasteiger partial charge in [-0.15, -0.1) is 0 Å². The van der Waals surface area contributed by atoms with Crippen LogP contribution in [0.2, 0.25) is 0 Å². The third-order valence-electron chi connectivity index (χ3n) is 1.76. The standard InChI is InChI=1S/C10H11OSi/c1-2-8-4-3-5-9(6-8)7-10(11)12/h3-6H,2,7H2,1H3. The summed E-state index contributed by atoms with van der Waals surface area (Å²) in [6.07, 6.45) is 1.49. The Morgan fingerprint density at radius 3 is 2.67 bits per heavy atom. The van der Waals surface area contributed by atoms with Crippen LogP contribution in [0.25, 0.3) is 0 Å². The fourth-order valence-electron chi connectivity index (χ4n) is 1.14. The number of hydrogen-bond donors (Lipinski definition) is 0. The van der Waals surface area contributed by atoms with Gasteiger partial charge in [0.15, 0.2) is 0 Å². The van der Waals surface area contributed by atoms with Crippen LogP contribution in [0.1, 0.15) is 18.1 Å². The molecule has 0 N–H and O–H groups in total. The second kappa shape index (κ2) is 4.21. The zero-order valence-corrected chi connectivity index (χ0v) is 8.13. The van der Waals surface area contributed by atoms with Gasteiger partial charge in [-0.2, -0.15) is 0 Å². The molecule has 0 aliphatic heterocycles. The molecule has 0 bridgehead atoms. The summed E-state index contributed by atoms with van der Waals surface area (Å²) in [5, 5.41) is 0.0308. The van der Waals surface area contributed by atoms with Gasteiger partial charge in [0.2, 0.25) is 0 Å². The first-order chi connectivity index (χ1) is 5.72. The van der Waals surface area contributed by atoms with Crippen LogP contribution < -0.4 is 0 Å². The summed E-state index contributed by atoms with van der Waals surface area (Å²) < 4.78 is 0. The maximum absolute atomic E-state index is 10.7. The molecule has 12 heavy (non-hydrogen) atoms. The van der Waals surface area contributed by atoms with Crippen LogP contribution in [-0.4, -0.2) is 15.6 Å². The molecule has 0 amide bonds. The zero-order valence-electron chi connectivity index (χ0n) is 7.13. The number of carbonyl (C=O) groups excluding carboxylic acids is 1. The molecule has 2 heteroatoms. The Balaban J connectivity index is 2.79. The Morgan fingerprint density at radius 1 is 1.42 bits per heavy atom. The van der Waals surface area contributed by atoms with Crippen LogP contribution in [0.15, 0.2) is 24.3 Å². The van der Waals surface area contributed by atoms with Crippen LogP contribution in [0.4, 0.5) is 0 Å². The van der Waals surface area contributed by atoms with Crippen LogP contribution in [0.5, 0.6) is 0 Å². The molecule has 0 unspecified atom stereocenters. The van der Waals surface area contributed by atoms with E-state index in [1.54, 1.807) is 0 Å². The predicted molar refractivity (Wildman–Crippen MR) is 50.3 cm³/mol. The topological polar surface area (TPSA) is 17.1 Å². The van der Waals surface area contributed by atoms with E-state index in [-0.39, 0.29) is 5.41 Å². The van der Waals surface area contributed by atoms with Gasteiger partial charge in [0, 0.05) is 6.42 Å². The minimum atomic E-state index is 0.0308. The van der Waals surface area contributed by atoms with Gasteiger partial charge in [-0.3, -0.25) is 0 Å². The first-order valence-electron chi connectivity index (χ1n) is 4.04. The van der Waals surface area contributed by atoms with Crippen molar-refractivity contribution in [2.24, 2.45) is 0 Å². The highest BCUT2D eigenvalue weighted by Gasteiger charge is 1.97. The average molecular weight is 175 g/mol. The van der Waals surface area contributed by atoms with Crippen molar-refractivity contribution in [3.63, 3.8) is 0 Å². The summed E-state index contributed by atoms with van der Waals surface area (Å²) in [4.78, 5) is 10.7. The van der Waals surface area contributed by atoms with Crippen molar-refractivity contribution in [2.75, 3.05) is 0 Å². The molecular formula is C10H11OSi. The van der Waals surface area contributed by atoms with E-state index in [1.807, 2.05) is 12.1 Å². The highest BCUT2D eigenvalue weighted by Crippen LogP contribution is 2.06. The first-order valence-corrected chi connectivity index (χ1v) is 4.54. The number of hydrogen-bond acceptors (Lipinski definition) is 1. The fraction of sp³-hybridized carbons (Fsp3) is 0.300. The van der Waals surface area contributed by atoms with E-state index in [0.29, 0.717) is 6.42 Å². The molecule has 0 aliphatic rings. The highest BCUT2D eigenvalue weighted by molar-refractivity contribution is 6.57. The molecule has 1 rings (SSSR count). The van der Waals surface area contributed by atoms with E-state index >= 15 is 0 Å². The van der Waals surface area contributed by atoms with E-state index in [0.717, 1.165) is 12.0 Å². The maximum Gasteiger partial charge on any atom is 0.126 e. The number of aryl methyl sites for hydroxylation is 1. The predicted octanol–water partition coefficient (Wildman–Crippen LogP) is 1.49. The Morgan fingerprint density at radius 2 is 2.08 bits per heavy atom. The zero-order chi connectivity index (χ0) is 8.97. The lowest BCUT2D eigenvalue weighted by molar-refractivity contribution is -0.111. The Hall–Kier alpha value is -0.893. The smallest absolute Gasteiger partial charge is 0.126 e. The molecular weight excluding hydrogens is 164 g/mol. The van der Waals surface area contributed by atoms with Gasteiger partial charge in [-0.25, -0.2) is 0 Å². The SMILES string of the molecule is CCc1cccc(CC(=O)[Si])c1. The van der Waals surface area contributed by atoms with Gasteiger partial charge >= 0.3 is 0 Å². The lowest BCUT2D eigenvalue weighted by atomic mass is 10.1. The van der Waals surface area contributed by atoms with E-state index in [1.165, 1.54) is 5.56 Å². The Kier molecular flexibility index (Phi) is 3.23. The molecule has 61 valence electrons. The minimum absolute atomic E-state index is 0.0308. The molecule has 1 aromatic rings. The molecule has 1 nitrogen and oxygen atoms in total. The summed E-state index contributed by atoms with van der Waals surface area (Å²) in [6, 6.07) is 8.10. The van der Waals surface area contributed by atoms with Crippen molar-refractivity contribution in [3.05, 3.63) is 35.4 Å². The van der Waals surface area contributed by atoms with Crippen molar-refractivity contribution in [1.82, 2.24) is 0 Å². The van der Waals surface area contributed by atoms with E-state index < -0.39 is 0 Å². The van der Waals surface area contributed by atoms with E-state index in [9.17, 15) is 4.79 Å². The van der Waals surface area contributed by atoms with Crippen LogP contribution in [0.3, 0.4) is 0 Å². The lowest BCUT2D eigenvalue weighted by Gasteiger charge is -2.00. The van der Waals surface area contributed by atoms with Gasteiger partial charge in [-0.1, -0.05) is 31.2 Å². The van der Waals surface area contributed by atoms with Gasteiger partial charge in [0.1, 0.15) is 15.6 Å². The fourth-order valence-corrected chi connectivity index (χ4v) is 1.35. The van der Waals surface area contributed by atoms with Crippen molar-refractivity contribution in [3.8, 4) is 0 Å². The average Bonchev–Trinajstić information content (AvgIpc) is 2.03. The first kappa shape index (κ1) is 9.20. The second-order valence-electron chi connectivity index (χ2n) is 2.77. The van der Waals surface area contributed by atoms with Crippen LogP contribution in [-0.2, 0) is 17.6 Å². The van der Waals surface area contributed by atoms with Crippen molar-refractivity contribution >= 4 is 15.6 Å². The van der Waals surface area contributed by atoms with Crippen LogP contribution in [0, 0.1) is 0 Å². The highest BCUT2D eigenvalue weighted by atomic mass is 28.1. The molecule has 3 radical (unpaired) electrons. The second-order valence-corrected chi connectivity index (χ2v) is 3.33. The molecule has 0 atom stereocenters. The lowest BCUT2D eigenvalue weighted by Crippen LogP contribution is -2.01. The molecule has 0 spiro atoms. The van der Waals surface area contributed by atoms with E-state index in [2.05, 4.69) is 29.3 Å². The molecule has 0 fully saturated rings. The van der Waals surface area contributed by atoms with Gasteiger partial charge in [0.25, 0.3) is 0 Å². The number of rotatable bonds is 3. The molecule has 0 saturated heterocycles. The summed E-state index contributed by atoms with van der Waals surface area (Å²) in [6.45, 7) is 2.11. The van der Waals surface area contributed by atoms with Gasteiger partial charge < -0.3 is 4.79 Å². The van der Waals surface area contributed by atoms with Crippen LogP contribution >= 0.6 is 0 Å². The third kappa shape index (κ3) is 2.62. The largest absolute Gasteiger partial charge is 0.306 e. The van der Waals surface area contributed by atoms with Gasteiger partial charge in [-0.05, 0) is 17.5 Å². The molecule has 0 aliphatic carbocycles. The van der Waals surface area contributed by atoms with Crippen molar-refractivity contribution < 1.29 is 4.79 Å². The van der Waals surface area contributed by atoms with Gasteiger partial charge in [0.05, 0.1) is 0 Å². The summed E-state index contributed by atoms with van der Waals surface area (Å²) in [5.41, 5.74) is 2.36. The normalized spacial score (nSPS) is 9.83. The minimum Gasteiger partial charge on any atom is -0.306 e. The Labute approximate surface area is 76.2 Å². The Bertz CT molecular complexity index is 281. The summed E-state index contributed by atoms with van der Waals surface area (Å²) in [7, 11) is 2.97. The summed E-state index contributed by atoms with van der Waals surface area (Å²) in [5.74, 6) is 0. The third-order valence-corrected chi connectivity index (χ3v) is 1.94. The molecule has 0 heterocycles. The molecule has 1 aromatic carbocycles. The van der Waals surface area contributed by atoms with Crippen molar-refractivity contribution in [1.29, 1.82) is 0 Å². The quantitative estimate of drug-likeness (QED) is 0.636. The summed E-state index contributed by atoms with van der Waals surface area (Å²) >= 11 is 0. The molecule has 0 saturated carbocycles. The molecule has 0 aromatic heterocycles. The monoisotopic (exact) mass is 175 g/mol. The number of carbonyl (C=O) groups is 1. The van der Waals surface area contributed by atoms with Crippen molar-refractivity contribution in [2.45, 2.75) is 19.8 Å².